The summed E-state index contributed by atoms with van der Waals surface area (Å²) >= 11 is 0. The molecule has 2 atom stereocenters. The van der Waals surface area contributed by atoms with Crippen molar-refractivity contribution in [2.45, 2.75) is 38.3 Å². The second kappa shape index (κ2) is 6.56. The molecule has 98 valence electrons. The maximum absolute atomic E-state index is 11.6. The fraction of sp³-hybridized carbons (Fsp3) is 0.818. The zero-order valence-corrected chi connectivity index (χ0v) is 10.5. The van der Waals surface area contributed by atoms with E-state index in [0.29, 0.717) is 0 Å². The van der Waals surface area contributed by atoms with Crippen molar-refractivity contribution < 1.29 is 9.59 Å². The first-order valence-corrected chi connectivity index (χ1v) is 6.05. The van der Waals surface area contributed by atoms with Crippen LogP contribution in [0.1, 0.15) is 26.2 Å². The smallest absolute Gasteiger partial charge is 0.321 e. The second-order valence-corrected chi connectivity index (χ2v) is 4.52. The quantitative estimate of drug-likeness (QED) is 0.631. The summed E-state index contributed by atoms with van der Waals surface area (Å²) in [5.41, 5.74) is 5.91. The predicted octanol–water partition coefficient (Wildman–Crippen LogP) is -0.356. The lowest BCUT2D eigenvalue weighted by atomic mass is 9.97. The first-order valence-electron chi connectivity index (χ1n) is 6.05. The highest BCUT2D eigenvalue weighted by Crippen LogP contribution is 2.18. The summed E-state index contributed by atoms with van der Waals surface area (Å²) in [6.45, 7) is 3.06. The summed E-state index contributed by atoms with van der Waals surface area (Å²) in [5, 5.41) is 4.62. The van der Waals surface area contributed by atoms with E-state index in [2.05, 4.69) is 15.5 Å². The van der Waals surface area contributed by atoms with Crippen LogP contribution in [0.5, 0.6) is 0 Å². The van der Waals surface area contributed by atoms with Crippen molar-refractivity contribution in [3.8, 4) is 0 Å². The van der Waals surface area contributed by atoms with Crippen LogP contribution < -0.4 is 16.4 Å². The minimum atomic E-state index is -0.468. The Morgan fingerprint density at radius 1 is 1.47 bits per heavy atom. The number of rotatable bonds is 3. The molecule has 4 N–H and O–H groups in total. The Morgan fingerprint density at radius 3 is 2.76 bits per heavy atom. The van der Waals surface area contributed by atoms with Gasteiger partial charge in [0.1, 0.15) is 0 Å². The predicted molar refractivity (Wildman–Crippen MR) is 65.5 cm³/mol. The molecule has 0 bridgehead atoms. The van der Waals surface area contributed by atoms with Gasteiger partial charge in [0.05, 0.1) is 6.54 Å². The van der Waals surface area contributed by atoms with Gasteiger partial charge in [0.2, 0.25) is 5.91 Å². The van der Waals surface area contributed by atoms with Gasteiger partial charge in [0, 0.05) is 19.1 Å². The van der Waals surface area contributed by atoms with Crippen LogP contribution in [0.2, 0.25) is 0 Å². The van der Waals surface area contributed by atoms with Gasteiger partial charge < -0.3 is 11.1 Å². The van der Waals surface area contributed by atoms with Crippen LogP contribution in [0.25, 0.3) is 0 Å². The normalized spacial score (nSPS) is 22.9. The first-order chi connectivity index (χ1) is 8.04. The number of hydrogen-bond donors (Lipinski definition) is 3. The van der Waals surface area contributed by atoms with Gasteiger partial charge in [-0.05, 0) is 26.3 Å². The molecule has 3 amide bonds. The highest BCUT2D eigenvalue weighted by Gasteiger charge is 2.27. The number of carbonyl (C=O) groups excluding carboxylic acids is 2. The second-order valence-electron chi connectivity index (χ2n) is 4.52. The number of nitrogens with two attached hydrogens (primary N) is 1. The van der Waals surface area contributed by atoms with Crippen molar-refractivity contribution in [2.24, 2.45) is 5.73 Å². The van der Waals surface area contributed by atoms with Crippen molar-refractivity contribution >= 4 is 11.9 Å². The minimum absolute atomic E-state index is 0.0445. The Morgan fingerprint density at radius 2 is 2.18 bits per heavy atom. The van der Waals surface area contributed by atoms with Crippen LogP contribution >= 0.6 is 0 Å². The average Bonchev–Trinajstić information content (AvgIpc) is 2.29. The summed E-state index contributed by atoms with van der Waals surface area (Å²) in [4.78, 5) is 24.6. The molecule has 1 aliphatic rings. The third-order valence-corrected chi connectivity index (χ3v) is 3.10. The van der Waals surface area contributed by atoms with E-state index >= 15 is 0 Å². The molecule has 0 saturated carbocycles. The number of nitrogens with one attached hydrogen (secondary N) is 2. The van der Waals surface area contributed by atoms with E-state index in [1.54, 1.807) is 0 Å². The monoisotopic (exact) mass is 242 g/mol. The van der Waals surface area contributed by atoms with Crippen LogP contribution in [-0.2, 0) is 4.79 Å². The molecule has 0 aromatic heterocycles. The van der Waals surface area contributed by atoms with Crippen molar-refractivity contribution in [2.75, 3.05) is 20.1 Å². The van der Waals surface area contributed by atoms with Crippen LogP contribution in [0.15, 0.2) is 0 Å². The summed E-state index contributed by atoms with van der Waals surface area (Å²) < 4.78 is 0. The standard InChI is InChI=1S/C11H22N4O2/c1-8(12)9-5-3-4-6-15(9)7-10(16)14-11(17)13-2/h8-9H,3-7,12H2,1-2H3,(H2,13,14,16,17). The van der Waals surface area contributed by atoms with Crippen molar-refractivity contribution in [1.29, 1.82) is 0 Å². The molecule has 2 unspecified atom stereocenters. The van der Waals surface area contributed by atoms with E-state index in [1.807, 2.05) is 6.92 Å². The molecular formula is C11H22N4O2. The van der Waals surface area contributed by atoms with E-state index in [4.69, 9.17) is 5.73 Å². The molecule has 1 saturated heterocycles. The molecule has 0 aromatic rings. The first kappa shape index (κ1) is 13.9. The average molecular weight is 242 g/mol. The summed E-state index contributed by atoms with van der Waals surface area (Å²) in [5.74, 6) is -0.281. The number of carbonyl (C=O) groups is 2. The van der Waals surface area contributed by atoms with E-state index in [9.17, 15) is 9.59 Å². The maximum atomic E-state index is 11.6. The molecule has 0 radical (unpaired) electrons. The van der Waals surface area contributed by atoms with Gasteiger partial charge in [-0.1, -0.05) is 6.42 Å². The number of likely N-dealkylation sites (tertiary alicyclic amines) is 1. The molecule has 0 spiro atoms. The number of urea groups is 1. The lowest BCUT2D eigenvalue weighted by Crippen LogP contribution is -2.53. The van der Waals surface area contributed by atoms with Gasteiger partial charge in [-0.2, -0.15) is 0 Å². The molecule has 1 heterocycles. The van der Waals surface area contributed by atoms with Crippen LogP contribution in [0, 0.1) is 0 Å². The third-order valence-electron chi connectivity index (χ3n) is 3.10. The molecule has 6 heteroatoms. The molecule has 17 heavy (non-hydrogen) atoms. The van der Waals surface area contributed by atoms with Crippen molar-refractivity contribution in [1.82, 2.24) is 15.5 Å². The van der Waals surface area contributed by atoms with Crippen LogP contribution in [-0.4, -0.2) is 49.1 Å². The third kappa shape index (κ3) is 4.32. The topological polar surface area (TPSA) is 87.5 Å². The van der Waals surface area contributed by atoms with Gasteiger partial charge >= 0.3 is 6.03 Å². The number of piperidine rings is 1. The number of nitrogens with zero attached hydrogens (tertiary/aromatic N) is 1. The molecule has 1 rings (SSSR count). The zero-order chi connectivity index (χ0) is 12.8. The van der Waals surface area contributed by atoms with Gasteiger partial charge in [-0.25, -0.2) is 4.79 Å². The van der Waals surface area contributed by atoms with Gasteiger partial charge in [0.15, 0.2) is 0 Å². The Hall–Kier alpha value is -1.14. The zero-order valence-electron chi connectivity index (χ0n) is 10.5. The minimum Gasteiger partial charge on any atom is -0.341 e. The molecule has 1 fully saturated rings. The van der Waals surface area contributed by atoms with Gasteiger partial charge in [0.25, 0.3) is 0 Å². The fourth-order valence-corrected chi connectivity index (χ4v) is 2.22. The maximum Gasteiger partial charge on any atom is 0.321 e. The fourth-order valence-electron chi connectivity index (χ4n) is 2.22. The largest absolute Gasteiger partial charge is 0.341 e. The lowest BCUT2D eigenvalue weighted by molar-refractivity contribution is -0.122. The van der Waals surface area contributed by atoms with E-state index in [-0.39, 0.29) is 24.5 Å². The van der Waals surface area contributed by atoms with Crippen molar-refractivity contribution in [3.63, 3.8) is 0 Å². The summed E-state index contributed by atoms with van der Waals surface area (Å²) in [6.07, 6.45) is 3.25. The molecule has 0 aromatic carbocycles. The van der Waals surface area contributed by atoms with Gasteiger partial charge in [-0.15, -0.1) is 0 Å². The highest BCUT2D eigenvalue weighted by molar-refractivity contribution is 5.95. The SMILES string of the molecule is CNC(=O)NC(=O)CN1CCCCC1C(C)N. The molecule has 6 nitrogen and oxygen atoms in total. The Labute approximate surface area is 102 Å². The summed E-state index contributed by atoms with van der Waals surface area (Å²) in [7, 11) is 1.48. The Kier molecular flexibility index (Phi) is 5.37. The number of amides is 3. The van der Waals surface area contributed by atoms with Crippen LogP contribution in [0.4, 0.5) is 4.79 Å². The Balaban J connectivity index is 2.47. The van der Waals surface area contributed by atoms with E-state index in [1.165, 1.54) is 7.05 Å². The van der Waals surface area contributed by atoms with Crippen molar-refractivity contribution in [3.05, 3.63) is 0 Å². The van der Waals surface area contributed by atoms with E-state index in [0.717, 1.165) is 25.8 Å². The lowest BCUT2D eigenvalue weighted by Gasteiger charge is -2.37. The van der Waals surface area contributed by atoms with Crippen LogP contribution in [0.3, 0.4) is 0 Å². The number of imide groups is 1. The molecule has 1 aliphatic heterocycles. The number of hydrogen-bond acceptors (Lipinski definition) is 4. The highest BCUT2D eigenvalue weighted by atomic mass is 16.2. The molecular weight excluding hydrogens is 220 g/mol. The van der Waals surface area contributed by atoms with Gasteiger partial charge in [-0.3, -0.25) is 15.0 Å². The molecule has 0 aliphatic carbocycles. The summed E-state index contributed by atoms with van der Waals surface area (Å²) in [6, 6.07) is -0.188. The van der Waals surface area contributed by atoms with E-state index < -0.39 is 6.03 Å². The Bertz CT molecular complexity index is 281.